The van der Waals surface area contributed by atoms with E-state index in [-0.39, 0.29) is 11.8 Å². The second-order valence-electron chi connectivity index (χ2n) is 6.27. The Hall–Kier alpha value is -2.53. The lowest BCUT2D eigenvalue weighted by molar-refractivity contribution is -0.134. The molecule has 0 spiro atoms. The fourth-order valence-corrected chi connectivity index (χ4v) is 2.86. The Kier molecular flexibility index (Phi) is 5.47. The first-order chi connectivity index (χ1) is 12.5. The summed E-state index contributed by atoms with van der Waals surface area (Å²) in [6, 6.07) is 14.5. The first-order valence-corrected chi connectivity index (χ1v) is 8.99. The largest absolute Gasteiger partial charge is 0.492 e. The number of hydrogen-bond acceptors (Lipinski definition) is 3. The number of nitrogens with one attached hydrogen (secondary N) is 2. The lowest BCUT2D eigenvalue weighted by Gasteiger charge is -2.17. The van der Waals surface area contributed by atoms with Gasteiger partial charge in [-0.2, -0.15) is 0 Å². The predicted molar refractivity (Wildman–Crippen MR) is 101 cm³/mol. The number of rotatable bonds is 7. The molecular weight excluding hydrogens is 352 g/mol. The average molecular weight is 373 g/mol. The lowest BCUT2D eigenvalue weighted by Crippen LogP contribution is -2.39. The van der Waals surface area contributed by atoms with E-state index in [0.717, 1.165) is 5.56 Å². The molecule has 0 atom stereocenters. The number of carbonyl (C=O) groups excluding carboxylic acids is 2. The molecule has 1 saturated carbocycles. The Balaban J connectivity index is 1.63. The van der Waals surface area contributed by atoms with E-state index >= 15 is 0 Å². The maximum atomic E-state index is 12.7. The molecule has 0 aromatic heterocycles. The number of carbonyl (C=O) groups is 2. The van der Waals surface area contributed by atoms with E-state index in [4.69, 9.17) is 16.3 Å². The van der Waals surface area contributed by atoms with Crippen LogP contribution in [0.1, 0.15) is 25.3 Å². The monoisotopic (exact) mass is 372 g/mol. The minimum atomic E-state index is -0.994. The smallest absolute Gasteiger partial charge is 0.240 e. The van der Waals surface area contributed by atoms with E-state index in [0.29, 0.717) is 42.5 Å². The molecule has 26 heavy (non-hydrogen) atoms. The van der Waals surface area contributed by atoms with Crippen molar-refractivity contribution in [3.63, 3.8) is 0 Å². The number of anilines is 1. The zero-order chi connectivity index (χ0) is 18.6. The first-order valence-electron chi connectivity index (χ1n) is 8.61. The molecule has 1 aliphatic rings. The minimum Gasteiger partial charge on any atom is -0.492 e. The molecule has 1 aliphatic carbocycles. The standard InChI is InChI=1S/C20H21ClN2O3/c1-2-26-17-6-4-3-5-16(17)23-19(25)20(11-12-20)18(24)22-13-14-7-9-15(21)10-8-14/h3-10H,2,11-13H2,1H3,(H,22,24)(H,23,25). The van der Waals surface area contributed by atoms with E-state index in [1.165, 1.54) is 0 Å². The van der Waals surface area contributed by atoms with E-state index in [9.17, 15) is 9.59 Å². The van der Waals surface area contributed by atoms with Crippen molar-refractivity contribution in [2.75, 3.05) is 11.9 Å². The second-order valence-corrected chi connectivity index (χ2v) is 6.71. The summed E-state index contributed by atoms with van der Waals surface area (Å²) < 4.78 is 5.52. The van der Waals surface area contributed by atoms with Gasteiger partial charge in [-0.25, -0.2) is 0 Å². The Morgan fingerprint density at radius 2 is 1.77 bits per heavy atom. The molecule has 0 radical (unpaired) electrons. The third-order valence-corrected chi connectivity index (χ3v) is 4.67. The summed E-state index contributed by atoms with van der Waals surface area (Å²) in [5.74, 6) is 0.0535. The highest BCUT2D eigenvalue weighted by atomic mass is 35.5. The van der Waals surface area contributed by atoms with Crippen molar-refractivity contribution >= 4 is 29.1 Å². The Morgan fingerprint density at radius 1 is 1.08 bits per heavy atom. The molecule has 0 saturated heterocycles. The molecule has 2 amide bonds. The van der Waals surface area contributed by atoms with Gasteiger partial charge in [-0.3, -0.25) is 9.59 Å². The fourth-order valence-electron chi connectivity index (χ4n) is 2.73. The number of para-hydroxylation sites is 2. The highest BCUT2D eigenvalue weighted by Gasteiger charge is 2.56. The van der Waals surface area contributed by atoms with Crippen LogP contribution in [0, 0.1) is 5.41 Å². The topological polar surface area (TPSA) is 67.4 Å². The molecule has 3 rings (SSSR count). The van der Waals surface area contributed by atoms with Gasteiger partial charge in [0.2, 0.25) is 11.8 Å². The summed E-state index contributed by atoms with van der Waals surface area (Å²) in [6.45, 7) is 2.74. The number of amides is 2. The average Bonchev–Trinajstić information content (AvgIpc) is 3.45. The molecule has 0 aliphatic heterocycles. The highest BCUT2D eigenvalue weighted by molar-refractivity contribution is 6.30. The van der Waals surface area contributed by atoms with Crippen molar-refractivity contribution < 1.29 is 14.3 Å². The van der Waals surface area contributed by atoms with Gasteiger partial charge in [0, 0.05) is 11.6 Å². The van der Waals surface area contributed by atoms with Crippen LogP contribution in [0.5, 0.6) is 5.75 Å². The number of halogens is 1. The maximum Gasteiger partial charge on any atom is 0.240 e. The molecule has 6 heteroatoms. The van der Waals surface area contributed by atoms with Crippen molar-refractivity contribution in [3.05, 3.63) is 59.1 Å². The zero-order valence-corrected chi connectivity index (χ0v) is 15.3. The van der Waals surface area contributed by atoms with Gasteiger partial charge in [-0.05, 0) is 49.6 Å². The van der Waals surface area contributed by atoms with E-state index in [1.54, 1.807) is 24.3 Å². The summed E-state index contributed by atoms with van der Waals surface area (Å²) in [4.78, 5) is 25.3. The van der Waals surface area contributed by atoms with Gasteiger partial charge in [-0.1, -0.05) is 35.9 Å². The van der Waals surface area contributed by atoms with Crippen molar-refractivity contribution in [1.82, 2.24) is 5.32 Å². The van der Waals surface area contributed by atoms with Crippen LogP contribution in [-0.2, 0) is 16.1 Å². The molecule has 136 valence electrons. The van der Waals surface area contributed by atoms with Gasteiger partial charge < -0.3 is 15.4 Å². The van der Waals surface area contributed by atoms with Crippen molar-refractivity contribution in [1.29, 1.82) is 0 Å². The van der Waals surface area contributed by atoms with Gasteiger partial charge in [0.05, 0.1) is 12.3 Å². The molecular formula is C20H21ClN2O3. The number of benzene rings is 2. The number of hydrogen-bond donors (Lipinski definition) is 2. The third kappa shape index (κ3) is 3.99. The summed E-state index contributed by atoms with van der Waals surface area (Å²) in [5, 5.41) is 6.34. The van der Waals surface area contributed by atoms with E-state index in [1.807, 2.05) is 31.2 Å². The van der Waals surface area contributed by atoms with E-state index in [2.05, 4.69) is 10.6 Å². The van der Waals surface area contributed by atoms with Crippen LogP contribution in [0.4, 0.5) is 5.69 Å². The van der Waals surface area contributed by atoms with Crippen LogP contribution in [0.2, 0.25) is 5.02 Å². The molecule has 0 heterocycles. The minimum absolute atomic E-state index is 0.251. The maximum absolute atomic E-state index is 12.7. The Bertz CT molecular complexity index is 801. The lowest BCUT2D eigenvalue weighted by atomic mass is 10.0. The van der Waals surface area contributed by atoms with Gasteiger partial charge >= 0.3 is 0 Å². The molecule has 5 nitrogen and oxygen atoms in total. The van der Waals surface area contributed by atoms with Crippen LogP contribution >= 0.6 is 11.6 Å². The summed E-state index contributed by atoms with van der Waals surface area (Å²) in [7, 11) is 0. The highest BCUT2D eigenvalue weighted by Crippen LogP contribution is 2.47. The molecule has 2 aromatic carbocycles. The van der Waals surface area contributed by atoms with Crippen LogP contribution in [0.3, 0.4) is 0 Å². The van der Waals surface area contributed by atoms with Crippen LogP contribution < -0.4 is 15.4 Å². The molecule has 0 bridgehead atoms. The quantitative estimate of drug-likeness (QED) is 0.727. The summed E-state index contributed by atoms with van der Waals surface area (Å²) >= 11 is 5.86. The van der Waals surface area contributed by atoms with Gasteiger partial charge in [-0.15, -0.1) is 0 Å². The van der Waals surface area contributed by atoms with Gasteiger partial charge in [0.1, 0.15) is 11.2 Å². The molecule has 1 fully saturated rings. The Labute approximate surface area is 157 Å². The Morgan fingerprint density at radius 3 is 2.42 bits per heavy atom. The second kappa shape index (κ2) is 7.79. The van der Waals surface area contributed by atoms with Crippen LogP contribution in [0.25, 0.3) is 0 Å². The van der Waals surface area contributed by atoms with Crippen LogP contribution in [0.15, 0.2) is 48.5 Å². The van der Waals surface area contributed by atoms with Gasteiger partial charge in [0.15, 0.2) is 0 Å². The third-order valence-electron chi connectivity index (χ3n) is 4.42. The normalized spacial score (nSPS) is 14.4. The zero-order valence-electron chi connectivity index (χ0n) is 14.5. The van der Waals surface area contributed by atoms with Crippen molar-refractivity contribution in [2.24, 2.45) is 5.41 Å². The molecule has 0 unspecified atom stereocenters. The fraction of sp³-hybridized carbons (Fsp3) is 0.300. The number of ether oxygens (including phenoxy) is 1. The van der Waals surface area contributed by atoms with E-state index < -0.39 is 5.41 Å². The summed E-state index contributed by atoms with van der Waals surface area (Å²) in [6.07, 6.45) is 1.09. The molecule has 2 N–H and O–H groups in total. The predicted octanol–water partition coefficient (Wildman–Crippen LogP) is 3.77. The van der Waals surface area contributed by atoms with Gasteiger partial charge in [0.25, 0.3) is 0 Å². The molecule has 2 aromatic rings. The van der Waals surface area contributed by atoms with Crippen molar-refractivity contribution in [3.8, 4) is 5.75 Å². The summed E-state index contributed by atoms with van der Waals surface area (Å²) in [5.41, 5.74) is 0.517. The van der Waals surface area contributed by atoms with Crippen LogP contribution in [-0.4, -0.2) is 18.4 Å². The SMILES string of the molecule is CCOc1ccccc1NC(=O)C1(C(=O)NCc2ccc(Cl)cc2)CC1. The first kappa shape index (κ1) is 18.3. The van der Waals surface area contributed by atoms with Crippen molar-refractivity contribution in [2.45, 2.75) is 26.3 Å².